The van der Waals surface area contributed by atoms with E-state index < -0.39 is 17.2 Å². The minimum Gasteiger partial charge on any atom is -0.444 e. The number of carbonyl (C=O) groups is 1. The maximum Gasteiger partial charge on any atom is 0.408 e. The summed E-state index contributed by atoms with van der Waals surface area (Å²) in [5, 5.41) is 15.9. The summed E-state index contributed by atoms with van der Waals surface area (Å²) < 4.78 is 24.6. The maximum atomic E-state index is 13.8. The van der Waals surface area contributed by atoms with Crippen molar-refractivity contribution in [3.05, 3.63) is 82.8 Å². The van der Waals surface area contributed by atoms with Gasteiger partial charge < -0.3 is 14.6 Å². The third-order valence-electron chi connectivity index (χ3n) is 4.98. The zero-order chi connectivity index (χ0) is 25.6. The van der Waals surface area contributed by atoms with Crippen molar-refractivity contribution in [2.75, 3.05) is 0 Å². The van der Waals surface area contributed by atoms with Crippen molar-refractivity contribution in [2.45, 2.75) is 65.4 Å². The molecule has 0 aliphatic carbocycles. The first-order chi connectivity index (χ1) is 16.4. The lowest BCUT2D eigenvalue weighted by atomic mass is 10.1. The van der Waals surface area contributed by atoms with E-state index in [9.17, 15) is 9.18 Å². The average molecular weight is 480 g/mol. The summed E-state index contributed by atoms with van der Waals surface area (Å²) in [6.07, 6.45) is -0.581. The molecular formula is C26H30FN5O3. The Bertz CT molecular complexity index is 1190. The Morgan fingerprint density at radius 2 is 1.77 bits per heavy atom. The van der Waals surface area contributed by atoms with Crippen molar-refractivity contribution in [3.8, 4) is 6.07 Å². The Balaban J connectivity index is 1.76. The van der Waals surface area contributed by atoms with Crippen molar-refractivity contribution < 1.29 is 18.4 Å². The molecule has 0 spiro atoms. The monoisotopic (exact) mass is 479 g/mol. The zero-order valence-corrected chi connectivity index (χ0v) is 20.6. The number of nitriles is 1. The van der Waals surface area contributed by atoms with Gasteiger partial charge in [-0.3, -0.25) is 4.90 Å². The van der Waals surface area contributed by atoms with Gasteiger partial charge in [-0.05, 0) is 70.0 Å². The molecule has 1 heterocycles. The fourth-order valence-electron chi connectivity index (χ4n) is 3.38. The van der Waals surface area contributed by atoms with Crippen LogP contribution in [0.5, 0.6) is 0 Å². The lowest BCUT2D eigenvalue weighted by Crippen LogP contribution is -2.44. The summed E-state index contributed by atoms with van der Waals surface area (Å²) in [5.74, 6) is 0.349. The molecule has 35 heavy (non-hydrogen) atoms. The van der Waals surface area contributed by atoms with Crippen LogP contribution >= 0.6 is 0 Å². The Morgan fingerprint density at radius 3 is 2.40 bits per heavy atom. The van der Waals surface area contributed by atoms with E-state index in [4.69, 9.17) is 14.5 Å². The van der Waals surface area contributed by atoms with Gasteiger partial charge in [0.1, 0.15) is 17.0 Å². The van der Waals surface area contributed by atoms with Crippen molar-refractivity contribution in [3.63, 3.8) is 0 Å². The van der Waals surface area contributed by atoms with Gasteiger partial charge in [-0.25, -0.2) is 9.18 Å². The fraction of sp³-hybridized carbons (Fsp3) is 0.385. The third-order valence-corrected chi connectivity index (χ3v) is 4.98. The molecule has 0 unspecified atom stereocenters. The first kappa shape index (κ1) is 25.8. The van der Waals surface area contributed by atoms with Gasteiger partial charge >= 0.3 is 6.09 Å². The molecule has 0 saturated heterocycles. The second-order valence-corrected chi connectivity index (χ2v) is 9.85. The van der Waals surface area contributed by atoms with Crippen LogP contribution < -0.4 is 5.32 Å². The van der Waals surface area contributed by atoms with Gasteiger partial charge in [-0.2, -0.15) is 10.2 Å². The number of rotatable bonds is 8. The van der Waals surface area contributed by atoms with Gasteiger partial charge in [0, 0.05) is 13.1 Å². The number of nitrogens with one attached hydrogen (secondary N) is 1. The quantitative estimate of drug-likeness (QED) is 0.482. The van der Waals surface area contributed by atoms with Crippen LogP contribution in [0.15, 0.2) is 53.1 Å². The Morgan fingerprint density at radius 1 is 1.09 bits per heavy atom. The molecule has 3 aromatic rings. The van der Waals surface area contributed by atoms with E-state index in [0.717, 1.165) is 11.1 Å². The fourth-order valence-corrected chi connectivity index (χ4v) is 3.38. The van der Waals surface area contributed by atoms with Gasteiger partial charge in [0.2, 0.25) is 5.89 Å². The SMILES string of the molecule is CC(C)(C)OC(=O)NC(C)(C)c1noc(CN(Cc2ccc(C#N)cc2)Cc2cccc(F)c2)n1. The van der Waals surface area contributed by atoms with Crippen molar-refractivity contribution in [1.29, 1.82) is 5.26 Å². The summed E-state index contributed by atoms with van der Waals surface area (Å²) in [4.78, 5) is 18.8. The van der Waals surface area contributed by atoms with Crippen LogP contribution in [0.2, 0.25) is 0 Å². The summed E-state index contributed by atoms with van der Waals surface area (Å²) in [6.45, 7) is 10.1. The van der Waals surface area contributed by atoms with E-state index in [1.54, 1.807) is 52.8 Å². The molecule has 0 fully saturated rings. The first-order valence-corrected chi connectivity index (χ1v) is 11.2. The molecule has 3 rings (SSSR count). The van der Waals surface area contributed by atoms with Crippen LogP contribution in [0.3, 0.4) is 0 Å². The van der Waals surface area contributed by atoms with Gasteiger partial charge in [0.15, 0.2) is 5.82 Å². The molecule has 0 atom stereocenters. The van der Waals surface area contributed by atoms with Gasteiger partial charge in [0.05, 0.1) is 18.2 Å². The summed E-state index contributed by atoms with van der Waals surface area (Å²) in [7, 11) is 0. The number of halogens is 1. The molecular weight excluding hydrogens is 449 g/mol. The second kappa shape index (κ2) is 10.7. The molecule has 0 aliphatic rings. The molecule has 1 aromatic heterocycles. The Labute approximate surface area is 204 Å². The summed E-state index contributed by atoms with van der Waals surface area (Å²) in [6, 6.07) is 15.8. The highest BCUT2D eigenvalue weighted by molar-refractivity contribution is 5.68. The van der Waals surface area contributed by atoms with Crippen LogP contribution in [0.25, 0.3) is 0 Å². The average Bonchev–Trinajstić information content (AvgIpc) is 3.22. The van der Waals surface area contributed by atoms with E-state index in [1.807, 2.05) is 23.1 Å². The van der Waals surface area contributed by atoms with E-state index >= 15 is 0 Å². The predicted octanol–water partition coefficient (Wildman–Crippen LogP) is 5.04. The normalized spacial score (nSPS) is 11.8. The van der Waals surface area contributed by atoms with E-state index in [-0.39, 0.29) is 5.82 Å². The highest BCUT2D eigenvalue weighted by atomic mass is 19.1. The Hall–Kier alpha value is -3.77. The van der Waals surface area contributed by atoms with E-state index in [1.165, 1.54) is 12.1 Å². The van der Waals surface area contributed by atoms with Crippen molar-refractivity contribution in [1.82, 2.24) is 20.4 Å². The topological polar surface area (TPSA) is 104 Å². The van der Waals surface area contributed by atoms with Gasteiger partial charge in [-0.15, -0.1) is 0 Å². The predicted molar refractivity (Wildman–Crippen MR) is 127 cm³/mol. The van der Waals surface area contributed by atoms with Gasteiger partial charge in [-0.1, -0.05) is 29.4 Å². The molecule has 184 valence electrons. The molecule has 2 aromatic carbocycles. The molecule has 9 heteroatoms. The smallest absolute Gasteiger partial charge is 0.408 e. The maximum absolute atomic E-state index is 13.8. The number of ether oxygens (including phenoxy) is 1. The largest absolute Gasteiger partial charge is 0.444 e. The number of hydrogen-bond acceptors (Lipinski definition) is 7. The molecule has 1 amide bonds. The number of hydrogen-bond donors (Lipinski definition) is 1. The summed E-state index contributed by atoms with van der Waals surface area (Å²) in [5.41, 5.74) is 0.791. The molecule has 0 saturated carbocycles. The highest BCUT2D eigenvalue weighted by Gasteiger charge is 2.31. The standard InChI is InChI=1S/C26H30FN5O3/c1-25(2,3)34-24(33)30-26(4,5)23-29-22(35-31-23)17-32(16-20-7-6-8-21(27)13-20)15-19-11-9-18(14-28)10-12-19/h6-13H,15-17H2,1-5H3,(H,30,33). The number of alkyl carbamates (subject to hydrolysis) is 1. The third kappa shape index (κ3) is 7.90. The second-order valence-electron chi connectivity index (χ2n) is 9.85. The number of carbonyl (C=O) groups excluding carboxylic acids is 1. The minimum absolute atomic E-state index is 0.298. The van der Waals surface area contributed by atoms with Crippen LogP contribution in [-0.4, -0.2) is 26.7 Å². The molecule has 0 radical (unpaired) electrons. The molecule has 1 N–H and O–H groups in total. The van der Waals surface area contributed by atoms with Crippen LogP contribution in [0, 0.1) is 17.1 Å². The number of amides is 1. The lowest BCUT2D eigenvalue weighted by molar-refractivity contribution is 0.0465. The molecule has 0 bridgehead atoms. The van der Waals surface area contributed by atoms with E-state index in [0.29, 0.717) is 36.9 Å². The lowest BCUT2D eigenvalue weighted by Gasteiger charge is -2.26. The van der Waals surface area contributed by atoms with E-state index in [2.05, 4.69) is 21.5 Å². The number of benzene rings is 2. The van der Waals surface area contributed by atoms with Gasteiger partial charge in [0.25, 0.3) is 0 Å². The van der Waals surface area contributed by atoms with Crippen LogP contribution in [0.1, 0.15) is 63.0 Å². The molecule has 8 nitrogen and oxygen atoms in total. The Kier molecular flexibility index (Phi) is 7.87. The zero-order valence-electron chi connectivity index (χ0n) is 20.6. The minimum atomic E-state index is -0.926. The van der Waals surface area contributed by atoms with Crippen molar-refractivity contribution in [2.24, 2.45) is 0 Å². The van der Waals surface area contributed by atoms with Crippen LogP contribution in [0.4, 0.5) is 9.18 Å². The molecule has 0 aliphatic heterocycles. The van der Waals surface area contributed by atoms with Crippen molar-refractivity contribution >= 4 is 6.09 Å². The summed E-state index contributed by atoms with van der Waals surface area (Å²) >= 11 is 0. The number of aromatic nitrogens is 2. The van der Waals surface area contributed by atoms with Crippen LogP contribution in [-0.2, 0) is 29.9 Å². The highest BCUT2D eigenvalue weighted by Crippen LogP contribution is 2.20. The first-order valence-electron chi connectivity index (χ1n) is 11.2. The number of nitrogens with zero attached hydrogens (tertiary/aromatic N) is 4.